The van der Waals surface area contributed by atoms with Crippen molar-refractivity contribution in [3.05, 3.63) is 261 Å². The molecule has 0 spiro atoms. The van der Waals surface area contributed by atoms with Gasteiger partial charge in [-0.15, -0.1) is 11.3 Å². The summed E-state index contributed by atoms with van der Waals surface area (Å²) >= 11 is 1.88. The molecule has 0 unspecified atom stereocenters. The molecule has 0 aliphatic heterocycles. The average molecular weight is 882 g/mol. The van der Waals surface area contributed by atoms with Gasteiger partial charge in [-0.2, -0.15) is 0 Å². The summed E-state index contributed by atoms with van der Waals surface area (Å²) in [5.74, 6) is 0. The Hall–Kier alpha value is -8.56. The normalized spacial score (nSPS) is 11.5. The van der Waals surface area contributed by atoms with E-state index in [1.54, 1.807) is 0 Å². The number of hydrogen-bond donors (Lipinski definition) is 0. The molecule has 0 amide bonds. The maximum Gasteiger partial charge on any atom is 0.0468 e. The predicted molar refractivity (Wildman–Crippen MR) is 294 cm³/mol. The topological polar surface area (TPSA) is 3.24 Å². The van der Waals surface area contributed by atoms with E-state index in [0.717, 1.165) is 17.1 Å². The lowest BCUT2D eigenvalue weighted by Crippen LogP contribution is -2.10. The Bertz CT molecular complexity index is 4000. The summed E-state index contributed by atoms with van der Waals surface area (Å²) in [4.78, 5) is 2.41. The van der Waals surface area contributed by atoms with E-state index in [-0.39, 0.29) is 0 Å². The lowest BCUT2D eigenvalue weighted by atomic mass is 9.84. The van der Waals surface area contributed by atoms with Crippen LogP contribution in [0.5, 0.6) is 0 Å². The number of nitrogens with zero attached hydrogens (tertiary/aromatic N) is 1. The third kappa shape index (κ3) is 6.93. The lowest BCUT2D eigenvalue weighted by Gasteiger charge is -2.27. The van der Waals surface area contributed by atoms with Crippen LogP contribution in [0.15, 0.2) is 261 Å². The second-order valence-electron chi connectivity index (χ2n) is 17.6. The van der Waals surface area contributed by atoms with E-state index in [9.17, 15) is 0 Å². The highest BCUT2D eigenvalue weighted by Gasteiger charge is 2.20. The summed E-state index contributed by atoms with van der Waals surface area (Å²) in [7, 11) is 0. The molecule has 0 aliphatic carbocycles. The third-order valence-electron chi connectivity index (χ3n) is 13.6. The Balaban J connectivity index is 0.955. The maximum atomic E-state index is 2.41. The average Bonchev–Trinajstić information content (AvgIpc) is 3.80. The Morgan fingerprint density at radius 1 is 0.250 bits per heavy atom. The molecule has 0 aliphatic rings. The number of anilines is 3. The van der Waals surface area contributed by atoms with E-state index in [4.69, 9.17) is 0 Å². The predicted octanol–water partition coefficient (Wildman–Crippen LogP) is 19.3. The molecule has 0 atom stereocenters. The van der Waals surface area contributed by atoms with Gasteiger partial charge in [0.25, 0.3) is 0 Å². The zero-order valence-corrected chi connectivity index (χ0v) is 38.0. The number of hydrogen-bond acceptors (Lipinski definition) is 2. The van der Waals surface area contributed by atoms with Gasteiger partial charge in [-0.05, 0) is 143 Å². The van der Waals surface area contributed by atoms with Crippen LogP contribution in [-0.4, -0.2) is 0 Å². The van der Waals surface area contributed by atoms with Crippen molar-refractivity contribution in [2.75, 3.05) is 4.90 Å². The smallest absolute Gasteiger partial charge is 0.0468 e. The van der Waals surface area contributed by atoms with Gasteiger partial charge in [-0.25, -0.2) is 0 Å². The van der Waals surface area contributed by atoms with Crippen molar-refractivity contribution in [2.24, 2.45) is 0 Å². The first-order valence-corrected chi connectivity index (χ1v) is 24.1. The molecule has 1 aromatic heterocycles. The highest BCUT2D eigenvalue weighted by molar-refractivity contribution is 7.26. The molecular weight excluding hydrogens is 839 g/mol. The molecule has 0 bridgehead atoms. The molecule has 0 saturated heterocycles. The zero-order valence-electron chi connectivity index (χ0n) is 37.2. The van der Waals surface area contributed by atoms with Crippen LogP contribution in [0.2, 0.25) is 0 Å². The maximum absolute atomic E-state index is 2.41. The summed E-state index contributed by atoms with van der Waals surface area (Å²) < 4.78 is 2.63. The minimum atomic E-state index is 1.09. The molecule has 13 rings (SSSR count). The van der Waals surface area contributed by atoms with Crippen molar-refractivity contribution in [3.63, 3.8) is 0 Å². The van der Waals surface area contributed by atoms with E-state index < -0.39 is 0 Å². The molecule has 0 saturated carbocycles. The highest BCUT2D eigenvalue weighted by Crippen LogP contribution is 2.47. The fourth-order valence-electron chi connectivity index (χ4n) is 10.4. The minimum Gasteiger partial charge on any atom is -0.310 e. The Labute approximate surface area is 400 Å². The molecule has 0 radical (unpaired) electrons. The first-order chi connectivity index (χ1) is 33.7. The molecule has 13 aromatic rings. The summed E-state index contributed by atoms with van der Waals surface area (Å²) in [5, 5.41) is 10.0. The van der Waals surface area contributed by atoms with Gasteiger partial charge < -0.3 is 4.90 Å². The number of rotatable bonds is 8. The monoisotopic (exact) mass is 881 g/mol. The zero-order chi connectivity index (χ0) is 45.0. The van der Waals surface area contributed by atoms with Crippen LogP contribution in [0.25, 0.3) is 108 Å². The molecular formula is C66H43NS. The lowest BCUT2D eigenvalue weighted by molar-refractivity contribution is 1.29. The van der Waals surface area contributed by atoms with Crippen molar-refractivity contribution in [1.82, 2.24) is 0 Å². The van der Waals surface area contributed by atoms with Crippen LogP contribution in [0.4, 0.5) is 17.1 Å². The van der Waals surface area contributed by atoms with Crippen molar-refractivity contribution in [2.45, 2.75) is 0 Å². The van der Waals surface area contributed by atoms with Gasteiger partial charge in [0, 0.05) is 37.2 Å². The van der Waals surface area contributed by atoms with Gasteiger partial charge >= 0.3 is 0 Å². The Morgan fingerprint density at radius 3 is 1.51 bits per heavy atom. The summed E-state index contributed by atoms with van der Waals surface area (Å²) in [6.07, 6.45) is 0. The van der Waals surface area contributed by atoms with Crippen LogP contribution in [0, 0.1) is 0 Å². The molecule has 1 heterocycles. The number of benzene rings is 12. The summed E-state index contributed by atoms with van der Waals surface area (Å²) in [6.45, 7) is 0. The molecule has 318 valence electrons. The van der Waals surface area contributed by atoms with Gasteiger partial charge in [0.2, 0.25) is 0 Å². The van der Waals surface area contributed by atoms with Crippen LogP contribution >= 0.6 is 11.3 Å². The first kappa shape index (κ1) is 39.8. The van der Waals surface area contributed by atoms with Crippen molar-refractivity contribution >= 4 is 80.9 Å². The molecule has 1 nitrogen and oxygen atoms in total. The summed E-state index contributed by atoms with van der Waals surface area (Å²) in [5.41, 5.74) is 15.5. The van der Waals surface area contributed by atoms with E-state index in [0.29, 0.717) is 0 Å². The van der Waals surface area contributed by atoms with E-state index >= 15 is 0 Å². The van der Waals surface area contributed by atoms with Gasteiger partial charge in [0.15, 0.2) is 0 Å². The van der Waals surface area contributed by atoms with E-state index in [1.807, 2.05) is 11.3 Å². The Kier molecular flexibility index (Phi) is 9.77. The fraction of sp³-hybridized carbons (Fsp3) is 0. The van der Waals surface area contributed by atoms with E-state index in [2.05, 4.69) is 266 Å². The number of fused-ring (bicyclic) bond motifs is 7. The molecule has 12 aromatic carbocycles. The van der Waals surface area contributed by atoms with Gasteiger partial charge in [-0.3, -0.25) is 0 Å². The number of thiophene rings is 1. The largest absolute Gasteiger partial charge is 0.310 e. The second-order valence-corrected chi connectivity index (χ2v) is 18.7. The molecule has 0 fully saturated rings. The first-order valence-electron chi connectivity index (χ1n) is 23.3. The quantitative estimate of drug-likeness (QED) is 0.137. The Morgan fingerprint density at radius 2 is 0.750 bits per heavy atom. The van der Waals surface area contributed by atoms with Crippen molar-refractivity contribution in [3.8, 4) is 55.6 Å². The molecule has 68 heavy (non-hydrogen) atoms. The fourth-order valence-corrected chi connectivity index (χ4v) is 11.6. The van der Waals surface area contributed by atoms with Gasteiger partial charge in [0.1, 0.15) is 0 Å². The second kappa shape index (κ2) is 16.7. The third-order valence-corrected chi connectivity index (χ3v) is 14.8. The van der Waals surface area contributed by atoms with Gasteiger partial charge in [0.05, 0.1) is 0 Å². The van der Waals surface area contributed by atoms with Crippen LogP contribution in [0.3, 0.4) is 0 Å². The van der Waals surface area contributed by atoms with Crippen LogP contribution in [-0.2, 0) is 0 Å². The van der Waals surface area contributed by atoms with Crippen LogP contribution in [0.1, 0.15) is 0 Å². The van der Waals surface area contributed by atoms with Crippen molar-refractivity contribution in [1.29, 1.82) is 0 Å². The molecule has 2 heteroatoms. The van der Waals surface area contributed by atoms with E-state index in [1.165, 1.54) is 108 Å². The standard InChI is InChI=1S/C66H43NS/c1-4-16-44(17-5-1)48-30-31-50-41-55(38-34-49(50)40-48)67(54-23-14-22-52(42-54)56-27-15-28-61-59-25-12-13-29-63(59)68-66(56)61)53-36-32-45(33-37-53)51-35-39-58-57-24-10-11-26-60(57)64(46-18-6-2-7-19-46)65(62(58)43-51)47-20-8-3-9-21-47/h1-43H. The highest BCUT2D eigenvalue weighted by atomic mass is 32.1. The van der Waals surface area contributed by atoms with Crippen molar-refractivity contribution < 1.29 is 0 Å². The van der Waals surface area contributed by atoms with Crippen LogP contribution < -0.4 is 4.90 Å². The minimum absolute atomic E-state index is 1.09. The molecule has 0 N–H and O–H groups in total. The van der Waals surface area contributed by atoms with Gasteiger partial charge in [-0.1, -0.05) is 206 Å². The SMILES string of the molecule is c1ccc(-c2ccc3cc(N(c4ccc(-c5ccc6c(c5)c(-c5ccccc5)c(-c5ccccc5)c5ccccc56)cc4)c4cccc(-c5cccc6c5sc5ccccc56)c4)ccc3c2)cc1. The summed E-state index contributed by atoms with van der Waals surface area (Å²) in [6, 6.07) is 95.7.